The maximum absolute atomic E-state index is 4.71. The van der Waals surface area contributed by atoms with Crippen LogP contribution in [0.5, 0.6) is 0 Å². The molecule has 0 unspecified atom stereocenters. The van der Waals surface area contributed by atoms with E-state index >= 15 is 0 Å². The first-order chi connectivity index (χ1) is 11.7. The molecule has 0 fully saturated rings. The Hall–Kier alpha value is -2.09. The molecule has 0 radical (unpaired) electrons. The van der Waals surface area contributed by atoms with E-state index in [1.165, 1.54) is 0 Å². The van der Waals surface area contributed by atoms with Gasteiger partial charge in [-0.2, -0.15) is 0 Å². The number of thiazole rings is 3. The first-order valence-electron chi connectivity index (χ1n) is 7.37. The van der Waals surface area contributed by atoms with E-state index in [9.17, 15) is 0 Å². The Bertz CT molecular complexity index is 969. The van der Waals surface area contributed by atoms with E-state index in [4.69, 9.17) is 9.97 Å². The minimum Gasteiger partial charge on any atom is -0.307 e. The number of nitrogens with one attached hydrogen (secondary N) is 1. The third kappa shape index (κ3) is 3.10. The number of hydrogen-bond donors (Lipinski definition) is 1. The lowest BCUT2D eigenvalue weighted by Crippen LogP contribution is -1.88. The van der Waals surface area contributed by atoms with Crippen molar-refractivity contribution in [3.8, 4) is 21.1 Å². The van der Waals surface area contributed by atoms with Crippen molar-refractivity contribution in [1.29, 1.82) is 0 Å². The van der Waals surface area contributed by atoms with Gasteiger partial charge in [-0.3, -0.25) is 0 Å². The predicted octanol–water partition coefficient (Wildman–Crippen LogP) is 5.75. The van der Waals surface area contributed by atoms with E-state index in [1.807, 2.05) is 37.4 Å². The van der Waals surface area contributed by atoms with Crippen LogP contribution in [0.2, 0.25) is 0 Å². The molecule has 0 saturated heterocycles. The van der Waals surface area contributed by atoms with Crippen LogP contribution in [-0.2, 0) is 0 Å². The first-order valence-corrected chi connectivity index (χ1v) is 9.94. The van der Waals surface area contributed by atoms with Gasteiger partial charge in [0.1, 0.15) is 5.01 Å². The molecule has 0 atom stereocenters. The van der Waals surface area contributed by atoms with Crippen molar-refractivity contribution in [3.05, 3.63) is 52.5 Å². The molecular weight excluding hydrogens is 356 g/mol. The van der Waals surface area contributed by atoms with Crippen LogP contribution >= 0.6 is 34.0 Å². The largest absolute Gasteiger partial charge is 0.307 e. The number of aryl methyl sites for hydroxylation is 2. The van der Waals surface area contributed by atoms with Crippen molar-refractivity contribution in [3.63, 3.8) is 0 Å². The minimum atomic E-state index is 0.855. The van der Waals surface area contributed by atoms with Gasteiger partial charge in [0, 0.05) is 16.3 Å². The predicted molar refractivity (Wildman–Crippen MR) is 104 cm³/mol. The Morgan fingerprint density at radius 1 is 0.875 bits per heavy atom. The van der Waals surface area contributed by atoms with E-state index in [2.05, 4.69) is 27.8 Å². The number of rotatable bonds is 4. The average molecular weight is 371 g/mol. The van der Waals surface area contributed by atoms with Crippen LogP contribution in [0, 0.1) is 13.8 Å². The van der Waals surface area contributed by atoms with Crippen LogP contribution in [0.1, 0.15) is 11.4 Å². The van der Waals surface area contributed by atoms with Crippen LogP contribution < -0.4 is 5.32 Å². The summed E-state index contributed by atoms with van der Waals surface area (Å²) in [5.74, 6) is 0. The normalized spacial score (nSPS) is 10.9. The second kappa shape index (κ2) is 6.43. The zero-order valence-corrected chi connectivity index (χ0v) is 15.6. The Morgan fingerprint density at radius 2 is 1.62 bits per heavy atom. The molecule has 0 aliphatic heterocycles. The van der Waals surface area contributed by atoms with Crippen molar-refractivity contribution >= 4 is 44.3 Å². The molecule has 0 spiro atoms. The fourth-order valence-corrected chi connectivity index (χ4v) is 4.84. The lowest BCUT2D eigenvalue weighted by Gasteiger charge is -1.95. The fourth-order valence-electron chi connectivity index (χ4n) is 2.28. The van der Waals surface area contributed by atoms with Gasteiger partial charge in [-0.05, 0) is 13.8 Å². The van der Waals surface area contributed by atoms with Crippen LogP contribution in [0.3, 0.4) is 0 Å². The fraction of sp³-hybridized carbons (Fsp3) is 0.118. The molecule has 3 heterocycles. The number of aromatic nitrogens is 3. The molecule has 24 heavy (non-hydrogen) atoms. The van der Waals surface area contributed by atoms with Gasteiger partial charge in [0.05, 0.1) is 22.0 Å². The van der Waals surface area contributed by atoms with Gasteiger partial charge < -0.3 is 5.32 Å². The third-order valence-electron chi connectivity index (χ3n) is 3.39. The summed E-state index contributed by atoms with van der Waals surface area (Å²) in [6, 6.07) is 10.3. The van der Waals surface area contributed by atoms with E-state index < -0.39 is 0 Å². The van der Waals surface area contributed by atoms with Gasteiger partial charge in [0.2, 0.25) is 0 Å². The van der Waals surface area contributed by atoms with Gasteiger partial charge in [-0.15, -0.1) is 34.0 Å². The molecular formula is C17H14N4S3. The molecule has 0 bridgehead atoms. The number of hydrogen-bond acceptors (Lipinski definition) is 7. The Kier molecular flexibility index (Phi) is 4.13. The Morgan fingerprint density at radius 3 is 2.38 bits per heavy atom. The summed E-state index contributed by atoms with van der Waals surface area (Å²) >= 11 is 4.86. The van der Waals surface area contributed by atoms with Crippen LogP contribution in [0.4, 0.5) is 10.3 Å². The molecule has 4 aromatic rings. The SMILES string of the molecule is Cc1csc(Nc2nc(-c3sc(-c4ccccc4)nc3C)cs2)n1. The quantitative estimate of drug-likeness (QED) is 0.497. The third-order valence-corrected chi connectivity index (χ3v) is 6.25. The molecule has 4 nitrogen and oxygen atoms in total. The highest BCUT2D eigenvalue weighted by Crippen LogP contribution is 2.37. The molecule has 0 saturated carbocycles. The second-order valence-electron chi connectivity index (χ2n) is 5.26. The van der Waals surface area contributed by atoms with Crippen LogP contribution in [0.25, 0.3) is 21.1 Å². The van der Waals surface area contributed by atoms with Crippen molar-refractivity contribution in [2.45, 2.75) is 13.8 Å². The molecule has 0 aliphatic carbocycles. The summed E-state index contributed by atoms with van der Waals surface area (Å²) in [7, 11) is 0. The Balaban J connectivity index is 1.61. The van der Waals surface area contributed by atoms with Gasteiger partial charge in [-0.1, -0.05) is 30.3 Å². The number of anilines is 2. The molecule has 7 heteroatoms. The van der Waals surface area contributed by atoms with Gasteiger partial charge in [0.25, 0.3) is 0 Å². The molecule has 0 amide bonds. The van der Waals surface area contributed by atoms with E-state index in [1.54, 1.807) is 34.0 Å². The summed E-state index contributed by atoms with van der Waals surface area (Å²) in [5, 5.41) is 10.1. The van der Waals surface area contributed by atoms with E-state index in [0.717, 1.165) is 42.8 Å². The highest BCUT2D eigenvalue weighted by molar-refractivity contribution is 7.19. The van der Waals surface area contributed by atoms with E-state index in [0.29, 0.717) is 0 Å². The molecule has 3 aromatic heterocycles. The first kappa shape index (κ1) is 15.4. The van der Waals surface area contributed by atoms with Crippen LogP contribution in [-0.4, -0.2) is 15.0 Å². The molecule has 120 valence electrons. The topological polar surface area (TPSA) is 50.7 Å². The lowest BCUT2D eigenvalue weighted by molar-refractivity contribution is 1.25. The summed E-state index contributed by atoms with van der Waals surface area (Å²) in [4.78, 5) is 14.9. The van der Waals surface area contributed by atoms with Gasteiger partial charge >= 0.3 is 0 Å². The average Bonchev–Trinajstić information content (AvgIpc) is 3.29. The number of benzene rings is 1. The zero-order valence-electron chi connectivity index (χ0n) is 13.1. The second-order valence-corrected chi connectivity index (χ2v) is 7.97. The zero-order chi connectivity index (χ0) is 16.5. The van der Waals surface area contributed by atoms with Gasteiger partial charge in [0.15, 0.2) is 10.3 Å². The standard InChI is InChI=1S/C17H14N4S3/c1-10-8-22-16(18-10)21-17-20-13(9-23-17)14-11(2)19-15(24-14)12-6-4-3-5-7-12/h3-9H,1-2H3,(H,18,20,21). The molecule has 1 aromatic carbocycles. The molecule has 1 N–H and O–H groups in total. The summed E-state index contributed by atoms with van der Waals surface area (Å²) < 4.78 is 0. The van der Waals surface area contributed by atoms with Crippen molar-refractivity contribution < 1.29 is 0 Å². The van der Waals surface area contributed by atoms with Crippen LogP contribution in [0.15, 0.2) is 41.1 Å². The summed E-state index contributed by atoms with van der Waals surface area (Å²) in [5.41, 5.74) is 4.14. The molecule has 0 aliphatic rings. The highest BCUT2D eigenvalue weighted by Gasteiger charge is 2.14. The maximum atomic E-state index is 4.71. The minimum absolute atomic E-state index is 0.855. The van der Waals surface area contributed by atoms with E-state index in [-0.39, 0.29) is 0 Å². The lowest BCUT2D eigenvalue weighted by atomic mass is 10.2. The van der Waals surface area contributed by atoms with Crippen molar-refractivity contribution in [2.24, 2.45) is 0 Å². The van der Waals surface area contributed by atoms with Crippen molar-refractivity contribution in [1.82, 2.24) is 15.0 Å². The summed E-state index contributed by atoms with van der Waals surface area (Å²) in [6.45, 7) is 4.02. The Labute approximate surface area is 151 Å². The van der Waals surface area contributed by atoms with Crippen molar-refractivity contribution in [2.75, 3.05) is 5.32 Å². The molecule has 4 rings (SSSR count). The smallest absolute Gasteiger partial charge is 0.189 e. The number of nitrogens with zero attached hydrogens (tertiary/aromatic N) is 3. The monoisotopic (exact) mass is 370 g/mol. The van der Waals surface area contributed by atoms with Gasteiger partial charge in [-0.25, -0.2) is 15.0 Å². The summed E-state index contributed by atoms with van der Waals surface area (Å²) in [6.07, 6.45) is 0. The maximum Gasteiger partial charge on any atom is 0.189 e. The highest BCUT2D eigenvalue weighted by atomic mass is 32.1.